The van der Waals surface area contributed by atoms with E-state index in [1.165, 1.54) is 18.3 Å². The third kappa shape index (κ3) is 4.92. The minimum absolute atomic E-state index is 0.0779. The molecular formula is C21H22N2O5S2. The summed E-state index contributed by atoms with van der Waals surface area (Å²) in [5.41, 5.74) is 1.67. The predicted octanol–water partition coefficient (Wildman–Crippen LogP) is 3.09. The van der Waals surface area contributed by atoms with Crippen LogP contribution in [0, 0.1) is 0 Å². The number of thiazole rings is 1. The second kappa shape index (κ2) is 9.03. The van der Waals surface area contributed by atoms with E-state index < -0.39 is 15.7 Å². The van der Waals surface area contributed by atoms with Gasteiger partial charge in [0.05, 0.1) is 21.7 Å². The number of ketones is 1. The Morgan fingerprint density at radius 3 is 2.37 bits per heavy atom. The van der Waals surface area contributed by atoms with Crippen molar-refractivity contribution in [3.8, 4) is 0 Å². The topological polar surface area (TPSA) is 94.8 Å². The number of Topliss-reactive ketones (excluding diaryl/α,β-unsaturated/α-hetero) is 1. The van der Waals surface area contributed by atoms with Gasteiger partial charge in [0, 0.05) is 30.5 Å². The fourth-order valence-electron chi connectivity index (χ4n) is 2.88. The van der Waals surface area contributed by atoms with Crippen LogP contribution in [0.2, 0.25) is 0 Å². The SMILES string of the molecule is CCOCCn1c(=NC(=O)c2ccc(C(C)=O)cc2)sc2cc(S(C)(=O)=O)ccc21. The Balaban J connectivity index is 2.08. The highest BCUT2D eigenvalue weighted by molar-refractivity contribution is 7.90. The van der Waals surface area contributed by atoms with Crippen LogP contribution in [-0.4, -0.2) is 44.1 Å². The molecule has 3 aromatic rings. The standard InChI is InChI=1S/C21H22N2O5S2/c1-4-28-12-11-23-18-10-9-17(30(3,26)27)13-19(18)29-21(23)22-20(25)16-7-5-15(6-8-16)14(2)24/h5-10,13H,4,11-12H2,1-3H3. The van der Waals surface area contributed by atoms with E-state index in [9.17, 15) is 18.0 Å². The summed E-state index contributed by atoms with van der Waals surface area (Å²) in [4.78, 5) is 29.0. The molecule has 158 valence electrons. The summed E-state index contributed by atoms with van der Waals surface area (Å²) in [6, 6.07) is 11.2. The number of aromatic nitrogens is 1. The van der Waals surface area contributed by atoms with Gasteiger partial charge in [0.25, 0.3) is 5.91 Å². The van der Waals surface area contributed by atoms with Gasteiger partial charge in [-0.15, -0.1) is 0 Å². The summed E-state index contributed by atoms with van der Waals surface area (Å²) in [5.74, 6) is -0.518. The van der Waals surface area contributed by atoms with Crippen LogP contribution in [0.1, 0.15) is 34.6 Å². The molecule has 1 amide bonds. The maximum atomic E-state index is 12.7. The first-order chi connectivity index (χ1) is 14.2. The molecule has 0 radical (unpaired) electrons. The van der Waals surface area contributed by atoms with Crippen LogP contribution in [0.25, 0.3) is 10.2 Å². The number of hydrogen-bond donors (Lipinski definition) is 0. The number of ether oxygens (including phenoxy) is 1. The fraction of sp³-hybridized carbons (Fsp3) is 0.286. The van der Waals surface area contributed by atoms with Gasteiger partial charge < -0.3 is 9.30 Å². The molecular weight excluding hydrogens is 424 g/mol. The Morgan fingerprint density at radius 1 is 1.10 bits per heavy atom. The number of rotatable bonds is 7. The van der Waals surface area contributed by atoms with Crippen molar-refractivity contribution < 1.29 is 22.7 Å². The first-order valence-electron chi connectivity index (χ1n) is 9.32. The summed E-state index contributed by atoms with van der Waals surface area (Å²) >= 11 is 1.24. The minimum atomic E-state index is -3.35. The second-order valence-corrected chi connectivity index (χ2v) is 9.71. The lowest BCUT2D eigenvalue weighted by Crippen LogP contribution is -2.19. The molecule has 0 aliphatic carbocycles. The molecule has 30 heavy (non-hydrogen) atoms. The summed E-state index contributed by atoms with van der Waals surface area (Å²) < 4.78 is 31.8. The molecule has 0 atom stereocenters. The number of carbonyl (C=O) groups is 2. The molecule has 9 heteroatoms. The first-order valence-corrected chi connectivity index (χ1v) is 12.0. The second-order valence-electron chi connectivity index (χ2n) is 6.69. The maximum absolute atomic E-state index is 12.7. The van der Waals surface area contributed by atoms with Gasteiger partial charge >= 0.3 is 0 Å². The number of benzene rings is 2. The van der Waals surface area contributed by atoms with Gasteiger partial charge in [-0.1, -0.05) is 23.5 Å². The monoisotopic (exact) mass is 446 g/mol. The zero-order valence-corrected chi connectivity index (χ0v) is 18.5. The number of fused-ring (bicyclic) bond motifs is 1. The molecule has 0 saturated carbocycles. The van der Waals surface area contributed by atoms with E-state index >= 15 is 0 Å². The first kappa shape index (κ1) is 22.1. The van der Waals surface area contributed by atoms with Gasteiger partial charge in [0.15, 0.2) is 20.4 Å². The zero-order chi connectivity index (χ0) is 21.9. The van der Waals surface area contributed by atoms with Crippen LogP contribution >= 0.6 is 11.3 Å². The molecule has 7 nitrogen and oxygen atoms in total. The van der Waals surface area contributed by atoms with Gasteiger partial charge in [-0.25, -0.2) is 8.42 Å². The van der Waals surface area contributed by atoms with Crippen molar-refractivity contribution in [1.82, 2.24) is 4.57 Å². The summed E-state index contributed by atoms with van der Waals surface area (Å²) in [5, 5.41) is 0. The number of sulfone groups is 1. The number of carbonyl (C=O) groups excluding carboxylic acids is 2. The highest BCUT2D eigenvalue weighted by Gasteiger charge is 2.13. The average molecular weight is 447 g/mol. The van der Waals surface area contributed by atoms with Crippen LogP contribution < -0.4 is 4.80 Å². The summed E-state index contributed by atoms with van der Waals surface area (Å²) in [7, 11) is -3.35. The van der Waals surface area contributed by atoms with Gasteiger partial charge in [-0.3, -0.25) is 9.59 Å². The molecule has 3 rings (SSSR count). The molecule has 0 saturated heterocycles. The van der Waals surface area contributed by atoms with Crippen LogP contribution in [-0.2, 0) is 21.1 Å². The van der Waals surface area contributed by atoms with Crippen molar-refractivity contribution in [2.45, 2.75) is 25.3 Å². The summed E-state index contributed by atoms with van der Waals surface area (Å²) in [6.07, 6.45) is 1.16. The quantitative estimate of drug-likeness (QED) is 0.411. The van der Waals surface area contributed by atoms with Crippen LogP contribution in [0.3, 0.4) is 0 Å². The minimum Gasteiger partial charge on any atom is -0.380 e. The number of nitrogens with zero attached hydrogens (tertiary/aromatic N) is 2. The largest absolute Gasteiger partial charge is 0.380 e. The molecule has 1 aromatic heterocycles. The molecule has 1 heterocycles. The van der Waals surface area contributed by atoms with Crippen molar-refractivity contribution in [2.24, 2.45) is 4.99 Å². The van der Waals surface area contributed by atoms with Crippen molar-refractivity contribution >= 4 is 43.1 Å². The van der Waals surface area contributed by atoms with Crippen molar-refractivity contribution in [2.75, 3.05) is 19.5 Å². The normalized spacial score (nSPS) is 12.4. The molecule has 2 aromatic carbocycles. The van der Waals surface area contributed by atoms with Crippen LogP contribution in [0.15, 0.2) is 52.4 Å². The van der Waals surface area contributed by atoms with Crippen LogP contribution in [0.4, 0.5) is 0 Å². The lowest BCUT2D eigenvalue weighted by Gasteiger charge is -2.06. The average Bonchev–Trinajstić information content (AvgIpc) is 3.04. The molecule has 0 bridgehead atoms. The maximum Gasteiger partial charge on any atom is 0.279 e. The number of hydrogen-bond acceptors (Lipinski definition) is 6. The molecule has 0 spiro atoms. The van der Waals surface area contributed by atoms with Gasteiger partial charge in [0.1, 0.15) is 0 Å². The molecule has 0 aliphatic heterocycles. The highest BCUT2D eigenvalue weighted by atomic mass is 32.2. The smallest absolute Gasteiger partial charge is 0.279 e. The Morgan fingerprint density at radius 2 is 1.77 bits per heavy atom. The fourth-order valence-corrected chi connectivity index (χ4v) is 4.70. The van der Waals surface area contributed by atoms with E-state index in [1.807, 2.05) is 11.5 Å². The van der Waals surface area contributed by atoms with Gasteiger partial charge in [-0.2, -0.15) is 4.99 Å². The molecule has 0 N–H and O–H groups in total. The lowest BCUT2D eigenvalue weighted by atomic mass is 10.1. The van der Waals surface area contributed by atoms with E-state index in [-0.39, 0.29) is 10.7 Å². The Labute approximate surface area is 178 Å². The zero-order valence-electron chi connectivity index (χ0n) is 16.9. The van der Waals surface area contributed by atoms with Gasteiger partial charge in [-0.05, 0) is 44.2 Å². The Bertz CT molecular complexity index is 1270. The summed E-state index contributed by atoms with van der Waals surface area (Å²) in [6.45, 7) is 4.83. The van der Waals surface area contributed by atoms with E-state index in [1.54, 1.807) is 42.5 Å². The number of amides is 1. The van der Waals surface area contributed by atoms with Crippen LogP contribution in [0.5, 0.6) is 0 Å². The van der Waals surface area contributed by atoms with Gasteiger partial charge in [0.2, 0.25) is 0 Å². The Hall–Kier alpha value is -2.62. The third-order valence-corrected chi connectivity index (χ3v) is 6.63. The lowest BCUT2D eigenvalue weighted by molar-refractivity contribution is 0.0990. The Kier molecular flexibility index (Phi) is 6.64. The predicted molar refractivity (Wildman–Crippen MR) is 116 cm³/mol. The highest BCUT2D eigenvalue weighted by Crippen LogP contribution is 2.22. The van der Waals surface area contributed by atoms with Crippen molar-refractivity contribution in [1.29, 1.82) is 0 Å². The van der Waals surface area contributed by atoms with Crippen molar-refractivity contribution in [3.05, 3.63) is 58.4 Å². The molecule has 0 aliphatic rings. The van der Waals surface area contributed by atoms with Crippen molar-refractivity contribution in [3.63, 3.8) is 0 Å². The molecule has 0 unspecified atom stereocenters. The molecule has 0 fully saturated rings. The van der Waals surface area contributed by atoms with E-state index in [0.29, 0.717) is 40.4 Å². The van der Waals surface area contributed by atoms with E-state index in [0.717, 1.165) is 11.8 Å². The van der Waals surface area contributed by atoms with E-state index in [2.05, 4.69) is 4.99 Å². The third-order valence-electron chi connectivity index (χ3n) is 4.48. The van der Waals surface area contributed by atoms with E-state index in [4.69, 9.17) is 4.74 Å².